The number of hydrogen-bond acceptors (Lipinski definition) is 4. The third kappa shape index (κ3) is 2.53. The second-order valence-corrected chi connectivity index (χ2v) is 4.91. The Morgan fingerprint density at radius 2 is 2.43 bits per heavy atom. The molecule has 3 nitrogen and oxygen atoms in total. The predicted octanol–water partition coefficient (Wildman–Crippen LogP) is 1.58. The molecule has 0 aliphatic carbocycles. The van der Waals surface area contributed by atoms with E-state index in [2.05, 4.69) is 4.98 Å². The number of ether oxygens (including phenoxy) is 1. The fourth-order valence-electron chi connectivity index (χ4n) is 1.85. The molecule has 1 aromatic heterocycles. The molecule has 1 fully saturated rings. The highest BCUT2D eigenvalue weighted by Gasteiger charge is 2.27. The van der Waals surface area contributed by atoms with Crippen LogP contribution in [0.4, 0.5) is 0 Å². The third-order valence-electron chi connectivity index (χ3n) is 2.69. The van der Waals surface area contributed by atoms with E-state index in [4.69, 9.17) is 10.5 Å². The van der Waals surface area contributed by atoms with E-state index in [1.54, 1.807) is 11.3 Å². The van der Waals surface area contributed by atoms with Crippen LogP contribution >= 0.6 is 11.3 Å². The van der Waals surface area contributed by atoms with Gasteiger partial charge in [-0.1, -0.05) is 0 Å². The zero-order valence-corrected chi connectivity index (χ0v) is 9.05. The topological polar surface area (TPSA) is 48.1 Å². The maximum Gasteiger partial charge on any atom is 0.0943 e. The summed E-state index contributed by atoms with van der Waals surface area (Å²) in [6.07, 6.45) is 5.81. The summed E-state index contributed by atoms with van der Waals surface area (Å²) >= 11 is 1.69. The molecule has 1 aliphatic heterocycles. The van der Waals surface area contributed by atoms with Crippen molar-refractivity contribution >= 4 is 11.3 Å². The van der Waals surface area contributed by atoms with Gasteiger partial charge in [0.2, 0.25) is 0 Å². The Morgan fingerprint density at radius 1 is 1.50 bits per heavy atom. The van der Waals surface area contributed by atoms with E-state index in [0.29, 0.717) is 0 Å². The van der Waals surface area contributed by atoms with Gasteiger partial charge in [-0.15, -0.1) is 11.3 Å². The van der Waals surface area contributed by atoms with Crippen LogP contribution in [0.3, 0.4) is 0 Å². The van der Waals surface area contributed by atoms with E-state index in [1.165, 1.54) is 0 Å². The number of aromatic nitrogens is 1. The van der Waals surface area contributed by atoms with Crippen LogP contribution in [0, 0.1) is 0 Å². The van der Waals surface area contributed by atoms with Gasteiger partial charge >= 0.3 is 0 Å². The average Bonchev–Trinajstić information content (AvgIpc) is 2.55. The summed E-state index contributed by atoms with van der Waals surface area (Å²) in [4.78, 5) is 4.28. The standard InChI is InChI=1S/C10H16N2OS/c11-10(2-1-5-13-6-3-10)8-9-12-4-7-14-9/h4,7H,1-3,5-6,8,11H2. The molecule has 14 heavy (non-hydrogen) atoms. The first-order valence-corrected chi connectivity index (χ1v) is 5.91. The zero-order valence-electron chi connectivity index (χ0n) is 8.24. The van der Waals surface area contributed by atoms with Crippen molar-refractivity contribution in [2.24, 2.45) is 5.73 Å². The molecule has 1 saturated heterocycles. The maximum absolute atomic E-state index is 6.34. The fraction of sp³-hybridized carbons (Fsp3) is 0.700. The molecular formula is C10H16N2OS. The molecule has 1 aromatic rings. The highest BCUT2D eigenvalue weighted by molar-refractivity contribution is 7.09. The first-order chi connectivity index (χ1) is 6.79. The van der Waals surface area contributed by atoms with Gasteiger partial charge in [0, 0.05) is 36.8 Å². The quantitative estimate of drug-likeness (QED) is 0.809. The van der Waals surface area contributed by atoms with Crippen LogP contribution in [0.5, 0.6) is 0 Å². The Kier molecular flexibility index (Phi) is 3.15. The molecule has 0 radical (unpaired) electrons. The number of thiazole rings is 1. The van der Waals surface area contributed by atoms with Crippen molar-refractivity contribution < 1.29 is 4.74 Å². The van der Waals surface area contributed by atoms with Crippen molar-refractivity contribution in [2.75, 3.05) is 13.2 Å². The summed E-state index contributed by atoms with van der Waals surface area (Å²) in [5.41, 5.74) is 6.25. The Labute approximate surface area is 88.3 Å². The van der Waals surface area contributed by atoms with Crippen LogP contribution < -0.4 is 5.73 Å². The molecule has 2 heterocycles. The molecule has 0 saturated carbocycles. The summed E-state index contributed by atoms with van der Waals surface area (Å²) in [6, 6.07) is 0. The van der Waals surface area contributed by atoms with Crippen molar-refractivity contribution in [3.8, 4) is 0 Å². The highest BCUT2D eigenvalue weighted by Crippen LogP contribution is 2.23. The second-order valence-electron chi connectivity index (χ2n) is 3.93. The normalized spacial score (nSPS) is 28.6. The van der Waals surface area contributed by atoms with Gasteiger partial charge in [-0.05, 0) is 19.3 Å². The lowest BCUT2D eigenvalue weighted by molar-refractivity contribution is 0.139. The third-order valence-corrected chi connectivity index (χ3v) is 3.47. The van der Waals surface area contributed by atoms with Crippen molar-refractivity contribution in [3.63, 3.8) is 0 Å². The van der Waals surface area contributed by atoms with Gasteiger partial charge in [0.25, 0.3) is 0 Å². The minimum atomic E-state index is -0.0889. The first kappa shape index (κ1) is 10.1. The van der Waals surface area contributed by atoms with Gasteiger partial charge in [0.15, 0.2) is 0 Å². The van der Waals surface area contributed by atoms with Crippen molar-refractivity contribution in [2.45, 2.75) is 31.2 Å². The molecular weight excluding hydrogens is 196 g/mol. The largest absolute Gasteiger partial charge is 0.381 e. The Balaban J connectivity index is 1.99. The van der Waals surface area contributed by atoms with Crippen LogP contribution in [-0.2, 0) is 11.2 Å². The van der Waals surface area contributed by atoms with E-state index < -0.39 is 0 Å². The maximum atomic E-state index is 6.34. The van der Waals surface area contributed by atoms with Crippen molar-refractivity contribution in [1.82, 2.24) is 4.98 Å². The van der Waals surface area contributed by atoms with E-state index >= 15 is 0 Å². The fourth-order valence-corrected chi connectivity index (χ4v) is 2.62. The summed E-state index contributed by atoms with van der Waals surface area (Å²) < 4.78 is 5.41. The molecule has 1 atom stereocenters. The van der Waals surface area contributed by atoms with Crippen LogP contribution in [0.2, 0.25) is 0 Å². The van der Waals surface area contributed by atoms with Crippen LogP contribution in [0.1, 0.15) is 24.3 Å². The second kappa shape index (κ2) is 4.38. The summed E-state index contributed by atoms with van der Waals surface area (Å²) in [6.45, 7) is 1.65. The van der Waals surface area contributed by atoms with Crippen molar-refractivity contribution in [1.29, 1.82) is 0 Å². The molecule has 0 aromatic carbocycles. The summed E-state index contributed by atoms with van der Waals surface area (Å²) in [5.74, 6) is 0. The number of nitrogens with two attached hydrogens (primary N) is 1. The molecule has 2 N–H and O–H groups in total. The lowest BCUT2D eigenvalue weighted by atomic mass is 9.89. The monoisotopic (exact) mass is 212 g/mol. The molecule has 1 unspecified atom stereocenters. The summed E-state index contributed by atoms with van der Waals surface area (Å²) in [7, 11) is 0. The van der Waals surface area contributed by atoms with Gasteiger partial charge in [0.1, 0.15) is 0 Å². The molecule has 0 spiro atoms. The lowest BCUT2D eigenvalue weighted by Gasteiger charge is -2.26. The van der Waals surface area contributed by atoms with E-state index in [-0.39, 0.29) is 5.54 Å². The number of rotatable bonds is 2. The average molecular weight is 212 g/mol. The predicted molar refractivity (Wildman–Crippen MR) is 57.4 cm³/mol. The number of hydrogen-bond donors (Lipinski definition) is 1. The SMILES string of the molecule is NC1(Cc2nccs2)CCCOCC1. The van der Waals surface area contributed by atoms with Gasteiger partial charge in [0.05, 0.1) is 5.01 Å². The Hall–Kier alpha value is -0.450. The molecule has 2 rings (SSSR count). The van der Waals surface area contributed by atoms with Crippen LogP contribution in [-0.4, -0.2) is 23.7 Å². The van der Waals surface area contributed by atoms with Gasteiger partial charge in [-0.3, -0.25) is 0 Å². The minimum absolute atomic E-state index is 0.0889. The molecule has 78 valence electrons. The first-order valence-electron chi connectivity index (χ1n) is 5.04. The number of nitrogens with zero attached hydrogens (tertiary/aromatic N) is 1. The smallest absolute Gasteiger partial charge is 0.0943 e. The molecule has 4 heteroatoms. The Bertz CT molecular complexity index is 266. The van der Waals surface area contributed by atoms with Crippen molar-refractivity contribution in [3.05, 3.63) is 16.6 Å². The van der Waals surface area contributed by atoms with E-state index in [1.807, 2.05) is 11.6 Å². The molecule has 1 aliphatic rings. The zero-order chi connectivity index (χ0) is 9.86. The van der Waals surface area contributed by atoms with Gasteiger partial charge < -0.3 is 10.5 Å². The summed E-state index contributed by atoms with van der Waals surface area (Å²) in [5, 5.41) is 3.15. The van der Waals surface area contributed by atoms with E-state index in [9.17, 15) is 0 Å². The van der Waals surface area contributed by atoms with Gasteiger partial charge in [-0.2, -0.15) is 0 Å². The van der Waals surface area contributed by atoms with Crippen LogP contribution in [0.25, 0.3) is 0 Å². The molecule has 0 bridgehead atoms. The molecule has 0 amide bonds. The van der Waals surface area contributed by atoms with Crippen LogP contribution in [0.15, 0.2) is 11.6 Å². The minimum Gasteiger partial charge on any atom is -0.381 e. The van der Waals surface area contributed by atoms with E-state index in [0.717, 1.165) is 43.9 Å². The lowest BCUT2D eigenvalue weighted by Crippen LogP contribution is -2.42. The highest BCUT2D eigenvalue weighted by atomic mass is 32.1. The Morgan fingerprint density at radius 3 is 3.21 bits per heavy atom. The van der Waals surface area contributed by atoms with Gasteiger partial charge in [-0.25, -0.2) is 4.98 Å².